The third-order valence-electron chi connectivity index (χ3n) is 2.48. The molecule has 0 fully saturated rings. The number of aromatic nitrogens is 1. The Balaban J connectivity index is 2.22. The van der Waals surface area contributed by atoms with E-state index < -0.39 is 29.1 Å². The Labute approximate surface area is 120 Å². The highest BCUT2D eigenvalue weighted by Gasteiger charge is 2.13. The van der Waals surface area contributed by atoms with Gasteiger partial charge in [-0.05, 0) is 41.9 Å². The zero-order chi connectivity index (χ0) is 15.6. The Hall–Kier alpha value is -2.48. The molecule has 0 saturated heterocycles. The van der Waals surface area contributed by atoms with Crippen molar-refractivity contribution in [2.24, 2.45) is 5.73 Å². The van der Waals surface area contributed by atoms with Crippen LogP contribution < -0.4 is 5.73 Å². The molecule has 4 nitrogen and oxygen atoms in total. The van der Waals surface area contributed by atoms with E-state index in [0.717, 1.165) is 35.8 Å². The van der Waals surface area contributed by atoms with Gasteiger partial charge in [0.2, 0.25) is 0 Å². The third kappa shape index (κ3) is 3.16. The van der Waals surface area contributed by atoms with Crippen LogP contribution in [0.15, 0.2) is 24.3 Å². The maximum absolute atomic E-state index is 13.4. The minimum absolute atomic E-state index is 0.0595. The van der Waals surface area contributed by atoms with Crippen LogP contribution in [0.5, 0.6) is 0 Å². The summed E-state index contributed by atoms with van der Waals surface area (Å²) in [6, 6.07) is 2.95. The van der Waals surface area contributed by atoms with Gasteiger partial charge in [0.1, 0.15) is 5.69 Å². The van der Waals surface area contributed by atoms with Crippen molar-refractivity contribution in [3.63, 3.8) is 0 Å². The monoisotopic (exact) mass is 312 g/mol. The van der Waals surface area contributed by atoms with Crippen LogP contribution in [0.25, 0.3) is 6.08 Å². The van der Waals surface area contributed by atoms with Gasteiger partial charge in [0.15, 0.2) is 23.2 Å². The topological polar surface area (TPSA) is 73.1 Å². The molecule has 0 radical (unpaired) electrons. The molecule has 1 amide bonds. The minimum Gasteiger partial charge on any atom is -0.364 e. The summed E-state index contributed by atoms with van der Waals surface area (Å²) in [7, 11) is 0. The van der Waals surface area contributed by atoms with Crippen molar-refractivity contribution in [2.75, 3.05) is 0 Å². The van der Waals surface area contributed by atoms with Gasteiger partial charge in [-0.25, -0.2) is 13.2 Å². The lowest BCUT2D eigenvalue weighted by atomic mass is 10.1. The van der Waals surface area contributed by atoms with Gasteiger partial charge in [0.25, 0.3) is 5.91 Å². The molecule has 0 atom stereocenters. The first-order valence-electron chi connectivity index (χ1n) is 5.52. The number of hydrogen-bond acceptors (Lipinski definition) is 4. The molecule has 0 aliphatic carbocycles. The second kappa shape index (κ2) is 5.88. The van der Waals surface area contributed by atoms with Crippen LogP contribution in [0.4, 0.5) is 13.2 Å². The SMILES string of the molecule is NC(=O)c1cc(C(=O)/C=C/c2ccc(F)c(F)c2F)sn1. The van der Waals surface area contributed by atoms with E-state index in [0.29, 0.717) is 0 Å². The largest absolute Gasteiger partial charge is 0.364 e. The predicted molar refractivity (Wildman–Crippen MR) is 70.3 cm³/mol. The Morgan fingerprint density at radius 3 is 2.52 bits per heavy atom. The van der Waals surface area contributed by atoms with Crippen molar-refractivity contribution >= 4 is 29.3 Å². The molecule has 8 heteroatoms. The summed E-state index contributed by atoms with van der Waals surface area (Å²) in [6.45, 7) is 0. The van der Waals surface area contributed by atoms with E-state index in [1.165, 1.54) is 6.07 Å². The summed E-state index contributed by atoms with van der Waals surface area (Å²) in [5.74, 6) is -5.66. The molecule has 1 heterocycles. The molecule has 0 aliphatic rings. The summed E-state index contributed by atoms with van der Waals surface area (Å²) in [5.41, 5.74) is 4.66. The predicted octanol–water partition coefficient (Wildman–Crippen LogP) is 2.56. The average molecular weight is 312 g/mol. The van der Waals surface area contributed by atoms with Gasteiger partial charge >= 0.3 is 0 Å². The van der Waals surface area contributed by atoms with Gasteiger partial charge in [-0.2, -0.15) is 4.37 Å². The number of allylic oxidation sites excluding steroid dienone is 1. The summed E-state index contributed by atoms with van der Waals surface area (Å²) in [6.07, 6.45) is 1.97. The van der Waals surface area contributed by atoms with Gasteiger partial charge in [0.05, 0.1) is 4.88 Å². The first-order chi connectivity index (χ1) is 9.90. The van der Waals surface area contributed by atoms with Crippen LogP contribution in [0.1, 0.15) is 25.7 Å². The molecular formula is C13H7F3N2O2S. The molecule has 108 valence electrons. The first kappa shape index (κ1) is 14.9. The van der Waals surface area contributed by atoms with E-state index in [4.69, 9.17) is 5.73 Å². The van der Waals surface area contributed by atoms with Crippen LogP contribution in [0, 0.1) is 17.5 Å². The molecule has 2 aromatic rings. The van der Waals surface area contributed by atoms with Crippen molar-refractivity contribution in [3.05, 3.63) is 57.9 Å². The average Bonchev–Trinajstić information content (AvgIpc) is 2.94. The van der Waals surface area contributed by atoms with Crippen LogP contribution >= 0.6 is 11.5 Å². The van der Waals surface area contributed by atoms with Crippen molar-refractivity contribution in [3.8, 4) is 0 Å². The molecule has 2 N–H and O–H groups in total. The van der Waals surface area contributed by atoms with E-state index in [1.807, 2.05) is 0 Å². The van der Waals surface area contributed by atoms with Crippen molar-refractivity contribution in [2.45, 2.75) is 0 Å². The highest BCUT2D eigenvalue weighted by atomic mass is 32.1. The van der Waals surface area contributed by atoms with Gasteiger partial charge < -0.3 is 5.73 Å². The second-order valence-corrected chi connectivity index (χ2v) is 4.71. The Morgan fingerprint density at radius 1 is 1.19 bits per heavy atom. The van der Waals surface area contributed by atoms with Crippen LogP contribution in [0.3, 0.4) is 0 Å². The number of rotatable bonds is 4. The lowest BCUT2D eigenvalue weighted by Gasteiger charge is -1.98. The maximum atomic E-state index is 13.4. The summed E-state index contributed by atoms with van der Waals surface area (Å²) in [5, 5.41) is 0. The number of nitrogens with two attached hydrogens (primary N) is 1. The fourth-order valence-electron chi connectivity index (χ4n) is 1.42. The molecule has 0 bridgehead atoms. The molecular weight excluding hydrogens is 305 g/mol. The fourth-order valence-corrected chi connectivity index (χ4v) is 2.09. The normalized spacial score (nSPS) is 11.0. The highest BCUT2D eigenvalue weighted by Crippen LogP contribution is 2.17. The Morgan fingerprint density at radius 2 is 1.90 bits per heavy atom. The van der Waals surface area contributed by atoms with Gasteiger partial charge in [-0.15, -0.1) is 0 Å². The van der Waals surface area contributed by atoms with Crippen molar-refractivity contribution in [1.82, 2.24) is 4.37 Å². The van der Waals surface area contributed by atoms with E-state index in [-0.39, 0.29) is 16.1 Å². The molecule has 0 spiro atoms. The quantitative estimate of drug-likeness (QED) is 0.536. The molecule has 2 rings (SSSR count). The lowest BCUT2D eigenvalue weighted by Crippen LogP contribution is -2.10. The zero-order valence-corrected chi connectivity index (χ0v) is 11.1. The number of carbonyl (C=O) groups excluding carboxylic acids is 2. The number of amides is 1. The Kier molecular flexibility index (Phi) is 4.18. The van der Waals surface area contributed by atoms with Crippen molar-refractivity contribution in [1.29, 1.82) is 0 Å². The number of halogens is 3. The summed E-state index contributed by atoms with van der Waals surface area (Å²) in [4.78, 5) is 22.7. The van der Waals surface area contributed by atoms with Crippen molar-refractivity contribution < 1.29 is 22.8 Å². The number of hydrogen-bond donors (Lipinski definition) is 1. The van der Waals surface area contributed by atoms with Gasteiger partial charge in [-0.3, -0.25) is 9.59 Å². The number of primary amides is 1. The molecule has 0 unspecified atom stereocenters. The van der Waals surface area contributed by atoms with Gasteiger partial charge in [0, 0.05) is 5.56 Å². The fraction of sp³-hybridized carbons (Fsp3) is 0. The van der Waals surface area contributed by atoms with E-state index >= 15 is 0 Å². The summed E-state index contributed by atoms with van der Waals surface area (Å²) < 4.78 is 42.8. The second-order valence-electron chi connectivity index (χ2n) is 3.90. The van der Waals surface area contributed by atoms with E-state index in [1.54, 1.807) is 0 Å². The summed E-state index contributed by atoms with van der Waals surface area (Å²) >= 11 is 0.751. The highest BCUT2D eigenvalue weighted by molar-refractivity contribution is 7.08. The number of ketones is 1. The smallest absolute Gasteiger partial charge is 0.268 e. The molecule has 1 aromatic heterocycles. The molecule has 0 saturated carbocycles. The Bertz CT molecular complexity index is 756. The molecule has 0 aliphatic heterocycles. The molecule has 1 aromatic carbocycles. The molecule has 21 heavy (non-hydrogen) atoms. The number of carbonyl (C=O) groups is 2. The van der Waals surface area contributed by atoms with Gasteiger partial charge in [-0.1, -0.05) is 0 Å². The number of benzene rings is 1. The van der Waals surface area contributed by atoms with E-state index in [2.05, 4.69) is 4.37 Å². The first-order valence-corrected chi connectivity index (χ1v) is 6.30. The lowest BCUT2D eigenvalue weighted by molar-refractivity contribution is 0.0996. The minimum atomic E-state index is -1.61. The zero-order valence-electron chi connectivity index (χ0n) is 10.3. The van der Waals surface area contributed by atoms with Crippen LogP contribution in [0.2, 0.25) is 0 Å². The van der Waals surface area contributed by atoms with Crippen LogP contribution in [-0.2, 0) is 0 Å². The third-order valence-corrected chi connectivity index (χ3v) is 3.29. The maximum Gasteiger partial charge on any atom is 0.268 e. The number of nitrogens with zero attached hydrogens (tertiary/aromatic N) is 1. The van der Waals surface area contributed by atoms with Crippen LogP contribution in [-0.4, -0.2) is 16.1 Å². The van der Waals surface area contributed by atoms with E-state index in [9.17, 15) is 22.8 Å². The standard InChI is InChI=1S/C13H7F3N2O2S/c14-7-3-1-6(11(15)12(7)16)2-4-9(19)10-5-8(13(17)20)18-21-10/h1-5H,(H2,17,20)/b4-2+.